The number of hydrogen-bond donors (Lipinski definition) is 0. The molecule has 1 atom stereocenters. The average Bonchev–Trinajstić information content (AvgIpc) is 2.30. The predicted octanol–water partition coefficient (Wildman–Crippen LogP) is 3.01. The van der Waals surface area contributed by atoms with Crippen LogP contribution in [0, 0.1) is 5.92 Å². The molecule has 0 radical (unpaired) electrons. The van der Waals surface area contributed by atoms with E-state index in [9.17, 15) is 4.79 Å². The van der Waals surface area contributed by atoms with Crippen LogP contribution in [0.4, 0.5) is 0 Å². The highest BCUT2D eigenvalue weighted by Gasteiger charge is 2.17. The molecule has 78 valence electrons. The monoisotopic (exact) mass is 201 g/mol. The fraction of sp³-hybridized carbons (Fsp3) is 0.385. The van der Waals surface area contributed by atoms with Gasteiger partial charge in [-0.1, -0.05) is 13.0 Å². The van der Waals surface area contributed by atoms with Crippen molar-refractivity contribution in [3.63, 3.8) is 0 Å². The lowest BCUT2D eigenvalue weighted by Crippen LogP contribution is -2.10. The summed E-state index contributed by atoms with van der Waals surface area (Å²) in [7, 11) is 0. The maximum absolute atomic E-state index is 12.0. The van der Waals surface area contributed by atoms with Crippen molar-refractivity contribution in [3.8, 4) is 0 Å². The molecule has 0 fully saturated rings. The van der Waals surface area contributed by atoms with Gasteiger partial charge in [0.25, 0.3) is 0 Å². The number of aromatic nitrogens is 1. The van der Waals surface area contributed by atoms with Crippen LogP contribution >= 0.6 is 0 Å². The minimum absolute atomic E-state index is 0.148. The van der Waals surface area contributed by atoms with Crippen LogP contribution in [0.5, 0.6) is 0 Å². The number of carbonyl (C=O) groups excluding carboxylic acids is 1. The molecular formula is C13H15NO. The first-order chi connectivity index (χ1) is 7.27. The quantitative estimate of drug-likeness (QED) is 0.688. The van der Waals surface area contributed by atoms with E-state index in [1.807, 2.05) is 6.07 Å². The summed E-state index contributed by atoms with van der Waals surface area (Å²) in [4.78, 5) is 16.0. The molecule has 2 nitrogen and oxygen atoms in total. The molecule has 1 aliphatic rings. The maximum atomic E-state index is 12.0. The Hall–Kier alpha value is -1.44. The van der Waals surface area contributed by atoms with Crippen LogP contribution in [0.1, 0.15) is 36.5 Å². The van der Waals surface area contributed by atoms with E-state index in [1.54, 1.807) is 18.5 Å². The van der Waals surface area contributed by atoms with Crippen LogP contribution < -0.4 is 0 Å². The highest BCUT2D eigenvalue weighted by molar-refractivity contribution is 6.08. The Morgan fingerprint density at radius 3 is 3.00 bits per heavy atom. The van der Waals surface area contributed by atoms with E-state index < -0.39 is 0 Å². The van der Waals surface area contributed by atoms with E-state index in [1.165, 1.54) is 0 Å². The second-order valence-corrected chi connectivity index (χ2v) is 4.18. The van der Waals surface area contributed by atoms with Crippen molar-refractivity contribution < 1.29 is 4.79 Å². The van der Waals surface area contributed by atoms with Gasteiger partial charge in [-0.05, 0) is 42.9 Å². The van der Waals surface area contributed by atoms with Gasteiger partial charge < -0.3 is 0 Å². The van der Waals surface area contributed by atoms with Gasteiger partial charge in [0, 0.05) is 18.0 Å². The van der Waals surface area contributed by atoms with Crippen molar-refractivity contribution in [1.29, 1.82) is 0 Å². The molecule has 0 saturated carbocycles. The molecule has 1 aliphatic carbocycles. The minimum Gasteiger partial charge on any atom is -0.289 e. The molecule has 0 aromatic carbocycles. The Balaban J connectivity index is 2.16. The van der Waals surface area contributed by atoms with E-state index in [-0.39, 0.29) is 5.78 Å². The highest BCUT2D eigenvalue weighted by Crippen LogP contribution is 2.25. The lowest BCUT2D eigenvalue weighted by atomic mass is 9.88. The van der Waals surface area contributed by atoms with E-state index in [2.05, 4.69) is 18.0 Å². The summed E-state index contributed by atoms with van der Waals surface area (Å²) in [6, 6.07) is 3.63. The molecule has 1 aromatic rings. The summed E-state index contributed by atoms with van der Waals surface area (Å²) in [5.41, 5.74) is 1.67. The second-order valence-electron chi connectivity index (χ2n) is 4.18. The normalized spacial score (nSPS) is 20.9. The minimum atomic E-state index is 0.148. The van der Waals surface area contributed by atoms with Gasteiger partial charge >= 0.3 is 0 Å². The number of pyridine rings is 1. The first-order valence-corrected chi connectivity index (χ1v) is 5.41. The molecule has 0 bridgehead atoms. The van der Waals surface area contributed by atoms with Crippen LogP contribution in [0.15, 0.2) is 36.2 Å². The maximum Gasteiger partial charge on any atom is 0.190 e. The molecule has 2 heteroatoms. The molecule has 0 N–H and O–H groups in total. The zero-order valence-corrected chi connectivity index (χ0v) is 8.94. The number of ketones is 1. The van der Waals surface area contributed by atoms with Crippen molar-refractivity contribution in [1.82, 2.24) is 4.98 Å². The number of carbonyl (C=O) groups is 1. The van der Waals surface area contributed by atoms with Crippen LogP contribution in [0.2, 0.25) is 0 Å². The Kier molecular flexibility index (Phi) is 2.95. The summed E-state index contributed by atoms with van der Waals surface area (Å²) in [5, 5.41) is 0. The van der Waals surface area contributed by atoms with Crippen molar-refractivity contribution in [2.45, 2.75) is 26.2 Å². The third-order valence-electron chi connectivity index (χ3n) is 2.89. The van der Waals surface area contributed by atoms with Gasteiger partial charge in [-0.3, -0.25) is 9.78 Å². The summed E-state index contributed by atoms with van der Waals surface area (Å²) in [6.07, 6.45) is 8.48. The Bertz CT molecular complexity index is 381. The van der Waals surface area contributed by atoms with E-state index >= 15 is 0 Å². The van der Waals surface area contributed by atoms with Crippen LogP contribution in [-0.2, 0) is 0 Å². The third kappa shape index (κ3) is 2.32. The molecule has 2 rings (SSSR count). The van der Waals surface area contributed by atoms with Gasteiger partial charge in [0.15, 0.2) is 5.78 Å². The number of allylic oxidation sites excluding steroid dienone is 2. The molecular weight excluding hydrogens is 186 g/mol. The van der Waals surface area contributed by atoms with Gasteiger partial charge in [-0.25, -0.2) is 0 Å². The SMILES string of the molecule is CC1CC=C(C(=O)c2cccnc2)CC1. The topological polar surface area (TPSA) is 30.0 Å². The lowest BCUT2D eigenvalue weighted by Gasteiger charge is -2.17. The zero-order chi connectivity index (χ0) is 10.7. The first-order valence-electron chi connectivity index (χ1n) is 5.41. The summed E-state index contributed by atoms with van der Waals surface area (Å²) in [6.45, 7) is 2.22. The average molecular weight is 201 g/mol. The van der Waals surface area contributed by atoms with Crippen molar-refractivity contribution >= 4 is 5.78 Å². The molecule has 15 heavy (non-hydrogen) atoms. The van der Waals surface area contributed by atoms with E-state index in [4.69, 9.17) is 0 Å². The number of Topliss-reactive ketones (excluding diaryl/α,β-unsaturated/α-hetero) is 1. The lowest BCUT2D eigenvalue weighted by molar-refractivity contribution is 0.102. The Morgan fingerprint density at radius 1 is 1.53 bits per heavy atom. The number of rotatable bonds is 2. The van der Waals surface area contributed by atoms with Gasteiger partial charge in [-0.15, -0.1) is 0 Å². The van der Waals surface area contributed by atoms with E-state index in [0.29, 0.717) is 5.56 Å². The smallest absolute Gasteiger partial charge is 0.190 e. The van der Waals surface area contributed by atoms with Gasteiger partial charge in [0.05, 0.1) is 0 Å². The fourth-order valence-electron chi connectivity index (χ4n) is 1.85. The number of nitrogens with zero attached hydrogens (tertiary/aromatic N) is 1. The largest absolute Gasteiger partial charge is 0.289 e. The van der Waals surface area contributed by atoms with Crippen LogP contribution in [0.3, 0.4) is 0 Å². The van der Waals surface area contributed by atoms with Crippen LogP contribution in [0.25, 0.3) is 0 Å². The standard InChI is InChI=1S/C13H15NO/c1-10-4-6-11(7-5-10)13(15)12-3-2-8-14-9-12/h2-3,6,8-10H,4-5,7H2,1H3. The predicted molar refractivity (Wildman–Crippen MR) is 59.7 cm³/mol. The number of hydrogen-bond acceptors (Lipinski definition) is 2. The fourth-order valence-corrected chi connectivity index (χ4v) is 1.85. The second kappa shape index (κ2) is 4.39. The molecule has 1 heterocycles. The third-order valence-corrected chi connectivity index (χ3v) is 2.89. The van der Waals surface area contributed by atoms with Gasteiger partial charge in [-0.2, -0.15) is 0 Å². The highest BCUT2D eigenvalue weighted by atomic mass is 16.1. The van der Waals surface area contributed by atoms with Gasteiger partial charge in [0.1, 0.15) is 0 Å². The molecule has 0 aliphatic heterocycles. The summed E-state index contributed by atoms with van der Waals surface area (Å²) >= 11 is 0. The molecule has 1 unspecified atom stereocenters. The van der Waals surface area contributed by atoms with Crippen molar-refractivity contribution in [2.75, 3.05) is 0 Å². The van der Waals surface area contributed by atoms with Crippen molar-refractivity contribution in [2.24, 2.45) is 5.92 Å². The molecule has 0 amide bonds. The molecule has 0 saturated heterocycles. The Morgan fingerprint density at radius 2 is 2.40 bits per heavy atom. The first kappa shape index (κ1) is 10.1. The zero-order valence-electron chi connectivity index (χ0n) is 8.94. The molecule has 0 spiro atoms. The van der Waals surface area contributed by atoms with E-state index in [0.717, 1.165) is 30.8 Å². The van der Waals surface area contributed by atoms with Gasteiger partial charge in [0.2, 0.25) is 0 Å². The summed E-state index contributed by atoms with van der Waals surface area (Å²) in [5.74, 6) is 0.866. The molecule has 1 aromatic heterocycles. The summed E-state index contributed by atoms with van der Waals surface area (Å²) < 4.78 is 0. The van der Waals surface area contributed by atoms with Crippen molar-refractivity contribution in [3.05, 3.63) is 41.7 Å². The van der Waals surface area contributed by atoms with Crippen LogP contribution in [-0.4, -0.2) is 10.8 Å². The Labute approximate surface area is 90.0 Å².